The largest absolute Gasteiger partial charge is 0.466 e. The monoisotopic (exact) mass is 367 g/mol. The van der Waals surface area contributed by atoms with E-state index in [2.05, 4.69) is 67.3 Å². The van der Waals surface area contributed by atoms with Gasteiger partial charge in [-0.05, 0) is 44.1 Å². The number of benzene rings is 2. The summed E-state index contributed by atoms with van der Waals surface area (Å²) in [6.07, 6.45) is 0.864. The molecule has 0 amide bonds. The molecule has 2 aromatic carbocycles. The predicted molar refractivity (Wildman–Crippen MR) is 112 cm³/mol. The molecule has 0 radical (unpaired) electrons. The van der Waals surface area contributed by atoms with E-state index in [1.54, 1.807) is 0 Å². The maximum absolute atomic E-state index is 12.9. The summed E-state index contributed by atoms with van der Waals surface area (Å²) in [7, 11) is 0. The molecule has 0 spiro atoms. The van der Waals surface area contributed by atoms with Crippen molar-refractivity contribution in [3.05, 3.63) is 71.8 Å². The first-order valence-electron chi connectivity index (χ1n) is 10.1. The number of nitrogens with zero attached hydrogens (tertiary/aromatic N) is 1. The van der Waals surface area contributed by atoms with Crippen LogP contribution in [0.4, 0.5) is 0 Å². The van der Waals surface area contributed by atoms with Crippen LogP contribution in [0.5, 0.6) is 0 Å². The lowest BCUT2D eigenvalue weighted by Gasteiger charge is -2.40. The van der Waals surface area contributed by atoms with Gasteiger partial charge in [0.15, 0.2) is 0 Å². The molecule has 3 nitrogen and oxygen atoms in total. The van der Waals surface area contributed by atoms with Crippen molar-refractivity contribution in [2.75, 3.05) is 26.2 Å². The van der Waals surface area contributed by atoms with Gasteiger partial charge in [0.25, 0.3) is 0 Å². The first kappa shape index (κ1) is 21.2. The highest BCUT2D eigenvalue weighted by molar-refractivity contribution is 5.75. The van der Waals surface area contributed by atoms with Crippen molar-refractivity contribution < 1.29 is 9.53 Å². The number of ether oxygens (including phenoxy) is 1. The fraction of sp³-hybridized carbons (Fsp3) is 0.458. The molecule has 0 heterocycles. The Bertz CT molecular complexity index is 641. The number of carbonyl (C=O) groups is 1. The highest BCUT2D eigenvalue weighted by Crippen LogP contribution is 2.43. The number of hydrogen-bond donors (Lipinski definition) is 0. The third kappa shape index (κ3) is 4.78. The van der Waals surface area contributed by atoms with Crippen LogP contribution in [0, 0.1) is 5.92 Å². The zero-order valence-electron chi connectivity index (χ0n) is 17.2. The van der Waals surface area contributed by atoms with Crippen molar-refractivity contribution in [3.8, 4) is 0 Å². The fourth-order valence-electron chi connectivity index (χ4n) is 3.99. The summed E-state index contributed by atoms with van der Waals surface area (Å²) in [5.74, 6) is -0.414. The summed E-state index contributed by atoms with van der Waals surface area (Å²) in [5.41, 5.74) is 1.92. The summed E-state index contributed by atoms with van der Waals surface area (Å²) in [6, 6.07) is 20.9. The minimum absolute atomic E-state index is 0.134. The van der Waals surface area contributed by atoms with Gasteiger partial charge in [0, 0.05) is 5.41 Å². The molecule has 0 saturated carbocycles. The Morgan fingerprint density at radius 3 is 1.81 bits per heavy atom. The van der Waals surface area contributed by atoms with Crippen molar-refractivity contribution in [1.29, 1.82) is 0 Å². The normalized spacial score (nSPS) is 12.8. The summed E-state index contributed by atoms with van der Waals surface area (Å²) in [5, 5.41) is 0. The van der Waals surface area contributed by atoms with E-state index in [1.165, 1.54) is 11.1 Å². The SMILES string of the molecule is CCOC(=O)C(C)C(CCN(CC)CC)(c1ccccc1)c1ccccc1. The number of esters is 1. The van der Waals surface area contributed by atoms with Crippen LogP contribution in [0.2, 0.25) is 0 Å². The van der Waals surface area contributed by atoms with E-state index < -0.39 is 5.41 Å². The van der Waals surface area contributed by atoms with E-state index in [4.69, 9.17) is 4.74 Å². The lowest BCUT2D eigenvalue weighted by molar-refractivity contribution is -0.149. The average Bonchev–Trinajstić information content (AvgIpc) is 2.72. The van der Waals surface area contributed by atoms with E-state index in [0.717, 1.165) is 26.1 Å². The van der Waals surface area contributed by atoms with Gasteiger partial charge in [-0.15, -0.1) is 0 Å². The molecular formula is C24H33NO2. The molecule has 1 atom stereocenters. The lowest BCUT2D eigenvalue weighted by atomic mass is 9.64. The van der Waals surface area contributed by atoms with E-state index >= 15 is 0 Å². The maximum Gasteiger partial charge on any atom is 0.309 e. The molecule has 2 rings (SSSR count). The van der Waals surface area contributed by atoms with E-state index in [-0.39, 0.29) is 11.9 Å². The Morgan fingerprint density at radius 2 is 1.41 bits per heavy atom. The standard InChI is InChI=1S/C24H33NO2/c1-5-25(6-2)19-18-24(20(4)23(26)27-7-3,21-14-10-8-11-15-21)22-16-12-9-13-17-22/h8-17,20H,5-7,18-19H2,1-4H3. The molecule has 0 bridgehead atoms. The molecule has 2 aromatic rings. The molecule has 0 aliphatic heterocycles. The molecule has 0 N–H and O–H groups in total. The summed E-state index contributed by atoms with van der Waals surface area (Å²) in [4.78, 5) is 15.3. The first-order chi connectivity index (χ1) is 13.1. The molecule has 27 heavy (non-hydrogen) atoms. The van der Waals surface area contributed by atoms with Crippen molar-refractivity contribution in [3.63, 3.8) is 0 Å². The van der Waals surface area contributed by atoms with Crippen molar-refractivity contribution in [1.82, 2.24) is 4.90 Å². The van der Waals surface area contributed by atoms with E-state index in [1.807, 2.05) is 26.0 Å². The third-order valence-corrected chi connectivity index (χ3v) is 5.67. The first-order valence-corrected chi connectivity index (χ1v) is 10.1. The Hall–Kier alpha value is -2.13. The van der Waals surface area contributed by atoms with Crippen LogP contribution in [0.15, 0.2) is 60.7 Å². The molecule has 3 heteroatoms. The molecule has 0 fully saturated rings. The average molecular weight is 368 g/mol. The summed E-state index contributed by atoms with van der Waals surface area (Å²) < 4.78 is 5.46. The quantitative estimate of drug-likeness (QED) is 0.559. The van der Waals surface area contributed by atoms with Crippen molar-refractivity contribution in [2.24, 2.45) is 5.92 Å². The highest BCUT2D eigenvalue weighted by atomic mass is 16.5. The molecule has 146 valence electrons. The van der Waals surface area contributed by atoms with Gasteiger partial charge in [0.2, 0.25) is 0 Å². The topological polar surface area (TPSA) is 29.5 Å². The predicted octanol–water partition coefficient (Wildman–Crippen LogP) is 4.90. The van der Waals surface area contributed by atoms with E-state index in [9.17, 15) is 4.79 Å². The zero-order chi connectivity index (χ0) is 19.7. The van der Waals surface area contributed by atoms with Crippen LogP contribution < -0.4 is 0 Å². The number of rotatable bonds is 10. The second-order valence-corrected chi connectivity index (χ2v) is 6.95. The minimum atomic E-state index is -0.419. The molecule has 0 saturated heterocycles. The zero-order valence-corrected chi connectivity index (χ0v) is 17.2. The van der Waals surface area contributed by atoms with Crippen LogP contribution >= 0.6 is 0 Å². The molecule has 1 unspecified atom stereocenters. The third-order valence-electron chi connectivity index (χ3n) is 5.67. The Labute approximate surface area is 164 Å². The van der Waals surface area contributed by atoms with Crippen LogP contribution in [-0.4, -0.2) is 37.1 Å². The molecule has 0 aliphatic rings. The molecule has 0 aromatic heterocycles. The van der Waals surface area contributed by atoms with Gasteiger partial charge in [-0.2, -0.15) is 0 Å². The van der Waals surface area contributed by atoms with E-state index in [0.29, 0.717) is 6.61 Å². The summed E-state index contributed by atoms with van der Waals surface area (Å²) >= 11 is 0. The van der Waals surface area contributed by atoms with Gasteiger partial charge in [-0.1, -0.05) is 81.4 Å². The van der Waals surface area contributed by atoms with Gasteiger partial charge in [0.05, 0.1) is 12.5 Å². The van der Waals surface area contributed by atoms with Crippen LogP contribution in [0.3, 0.4) is 0 Å². The van der Waals surface area contributed by atoms with Gasteiger partial charge >= 0.3 is 5.97 Å². The van der Waals surface area contributed by atoms with Crippen molar-refractivity contribution >= 4 is 5.97 Å². The second kappa shape index (κ2) is 10.3. The van der Waals surface area contributed by atoms with Gasteiger partial charge < -0.3 is 9.64 Å². The Kier molecular flexibility index (Phi) is 8.05. The smallest absolute Gasteiger partial charge is 0.309 e. The van der Waals surface area contributed by atoms with Gasteiger partial charge in [0.1, 0.15) is 0 Å². The van der Waals surface area contributed by atoms with Crippen LogP contribution in [0.1, 0.15) is 45.2 Å². The van der Waals surface area contributed by atoms with Gasteiger partial charge in [-0.25, -0.2) is 0 Å². The summed E-state index contributed by atoms with van der Waals surface area (Å²) in [6.45, 7) is 11.6. The second-order valence-electron chi connectivity index (χ2n) is 6.95. The Morgan fingerprint density at radius 1 is 0.926 bits per heavy atom. The Balaban J connectivity index is 2.59. The van der Waals surface area contributed by atoms with Crippen LogP contribution in [-0.2, 0) is 14.9 Å². The highest BCUT2D eigenvalue weighted by Gasteiger charge is 2.43. The van der Waals surface area contributed by atoms with Gasteiger partial charge in [-0.3, -0.25) is 4.79 Å². The van der Waals surface area contributed by atoms with Crippen LogP contribution in [0.25, 0.3) is 0 Å². The maximum atomic E-state index is 12.9. The lowest BCUT2D eigenvalue weighted by Crippen LogP contribution is -2.43. The number of hydrogen-bond acceptors (Lipinski definition) is 3. The minimum Gasteiger partial charge on any atom is -0.466 e. The number of carbonyl (C=O) groups excluding carboxylic acids is 1. The van der Waals surface area contributed by atoms with Crippen molar-refractivity contribution in [2.45, 2.75) is 39.5 Å². The fourth-order valence-corrected chi connectivity index (χ4v) is 3.99. The molecule has 0 aliphatic carbocycles. The molecular weight excluding hydrogens is 334 g/mol.